The van der Waals surface area contributed by atoms with Crippen LogP contribution in [0.25, 0.3) is 0 Å². The summed E-state index contributed by atoms with van der Waals surface area (Å²) in [4.78, 5) is 4.49. The first-order valence-electron chi connectivity index (χ1n) is 7.39. The van der Waals surface area contributed by atoms with E-state index in [1.807, 2.05) is 12.3 Å². The SMILES string of the molecule is CNC(CCC1CCCC1)C(C)c1ccccn1. The fraction of sp³-hybridized carbons (Fsp3) is 0.688. The number of aromatic nitrogens is 1. The Labute approximate surface area is 111 Å². The first-order valence-corrected chi connectivity index (χ1v) is 7.39. The summed E-state index contributed by atoms with van der Waals surface area (Å²) in [6, 6.07) is 6.77. The molecule has 1 aromatic rings. The first kappa shape index (κ1) is 13.5. The average molecular weight is 246 g/mol. The quantitative estimate of drug-likeness (QED) is 0.827. The van der Waals surface area contributed by atoms with Gasteiger partial charge in [0.25, 0.3) is 0 Å². The number of nitrogens with zero attached hydrogens (tertiary/aromatic N) is 1. The molecule has 1 fully saturated rings. The highest BCUT2D eigenvalue weighted by Crippen LogP contribution is 2.30. The van der Waals surface area contributed by atoms with Crippen LogP contribution in [0, 0.1) is 5.92 Å². The van der Waals surface area contributed by atoms with Gasteiger partial charge in [-0.1, -0.05) is 38.7 Å². The Morgan fingerprint density at radius 2 is 2.11 bits per heavy atom. The van der Waals surface area contributed by atoms with Gasteiger partial charge in [0, 0.05) is 23.9 Å². The third-order valence-corrected chi connectivity index (χ3v) is 4.49. The van der Waals surface area contributed by atoms with Crippen LogP contribution in [0.3, 0.4) is 0 Å². The monoisotopic (exact) mass is 246 g/mol. The Morgan fingerprint density at radius 3 is 2.72 bits per heavy atom. The van der Waals surface area contributed by atoms with Crippen LogP contribution in [0.15, 0.2) is 24.4 Å². The van der Waals surface area contributed by atoms with Crippen molar-refractivity contribution < 1.29 is 0 Å². The zero-order chi connectivity index (χ0) is 12.8. The highest BCUT2D eigenvalue weighted by atomic mass is 14.9. The van der Waals surface area contributed by atoms with Gasteiger partial charge in [0.15, 0.2) is 0 Å². The molecule has 0 saturated heterocycles. The van der Waals surface area contributed by atoms with Crippen molar-refractivity contribution in [1.29, 1.82) is 0 Å². The molecule has 18 heavy (non-hydrogen) atoms. The molecule has 0 radical (unpaired) electrons. The maximum absolute atomic E-state index is 4.49. The summed E-state index contributed by atoms with van der Waals surface area (Å²) in [5, 5.41) is 3.48. The molecule has 2 heteroatoms. The van der Waals surface area contributed by atoms with Gasteiger partial charge in [-0.3, -0.25) is 4.98 Å². The average Bonchev–Trinajstić information content (AvgIpc) is 2.93. The second-order valence-electron chi connectivity index (χ2n) is 5.67. The molecule has 0 amide bonds. The minimum absolute atomic E-state index is 0.498. The van der Waals surface area contributed by atoms with Gasteiger partial charge in [-0.2, -0.15) is 0 Å². The lowest BCUT2D eigenvalue weighted by molar-refractivity contribution is 0.385. The Morgan fingerprint density at radius 1 is 1.33 bits per heavy atom. The zero-order valence-electron chi connectivity index (χ0n) is 11.7. The fourth-order valence-corrected chi connectivity index (χ4v) is 3.21. The van der Waals surface area contributed by atoms with Crippen LogP contribution in [0.5, 0.6) is 0 Å². The molecule has 0 spiro atoms. The van der Waals surface area contributed by atoms with E-state index in [1.165, 1.54) is 44.2 Å². The van der Waals surface area contributed by atoms with Crippen LogP contribution in [-0.4, -0.2) is 18.1 Å². The maximum Gasteiger partial charge on any atom is 0.0447 e. The molecule has 1 aliphatic rings. The van der Waals surface area contributed by atoms with Crippen molar-refractivity contribution in [3.05, 3.63) is 30.1 Å². The number of rotatable bonds is 6. The molecule has 1 aromatic heterocycles. The lowest BCUT2D eigenvalue weighted by Crippen LogP contribution is -2.31. The minimum Gasteiger partial charge on any atom is -0.316 e. The van der Waals surface area contributed by atoms with Crippen molar-refractivity contribution in [1.82, 2.24) is 10.3 Å². The van der Waals surface area contributed by atoms with Crippen LogP contribution in [0.4, 0.5) is 0 Å². The molecule has 1 N–H and O–H groups in total. The van der Waals surface area contributed by atoms with E-state index in [0.29, 0.717) is 12.0 Å². The predicted molar refractivity (Wildman–Crippen MR) is 76.7 cm³/mol. The number of pyridine rings is 1. The summed E-state index contributed by atoms with van der Waals surface area (Å²) >= 11 is 0. The minimum atomic E-state index is 0.498. The molecule has 0 aliphatic heterocycles. The van der Waals surface area contributed by atoms with E-state index < -0.39 is 0 Å². The molecule has 2 atom stereocenters. The smallest absolute Gasteiger partial charge is 0.0447 e. The van der Waals surface area contributed by atoms with Crippen molar-refractivity contribution in [2.24, 2.45) is 5.92 Å². The van der Waals surface area contributed by atoms with Crippen molar-refractivity contribution >= 4 is 0 Å². The summed E-state index contributed by atoms with van der Waals surface area (Å²) in [6.45, 7) is 2.29. The van der Waals surface area contributed by atoms with E-state index in [9.17, 15) is 0 Å². The molecule has 1 aliphatic carbocycles. The van der Waals surface area contributed by atoms with E-state index in [0.717, 1.165) is 5.92 Å². The molecule has 1 heterocycles. The number of hydrogen-bond acceptors (Lipinski definition) is 2. The van der Waals surface area contributed by atoms with Gasteiger partial charge in [-0.25, -0.2) is 0 Å². The Balaban J connectivity index is 1.87. The van der Waals surface area contributed by atoms with E-state index in [-0.39, 0.29) is 0 Å². The lowest BCUT2D eigenvalue weighted by atomic mass is 9.90. The molecule has 2 rings (SSSR count). The first-order chi connectivity index (χ1) is 8.81. The van der Waals surface area contributed by atoms with Gasteiger partial charge in [-0.15, -0.1) is 0 Å². The van der Waals surface area contributed by atoms with Crippen molar-refractivity contribution in [2.75, 3.05) is 7.05 Å². The third kappa shape index (κ3) is 3.55. The second-order valence-corrected chi connectivity index (χ2v) is 5.67. The van der Waals surface area contributed by atoms with Crippen LogP contribution in [0.2, 0.25) is 0 Å². The highest BCUT2D eigenvalue weighted by Gasteiger charge is 2.21. The summed E-state index contributed by atoms with van der Waals surface area (Å²) in [5.41, 5.74) is 1.21. The van der Waals surface area contributed by atoms with Gasteiger partial charge in [0.1, 0.15) is 0 Å². The molecule has 2 unspecified atom stereocenters. The normalized spacial score (nSPS) is 19.9. The van der Waals surface area contributed by atoms with Gasteiger partial charge >= 0.3 is 0 Å². The van der Waals surface area contributed by atoms with Gasteiger partial charge < -0.3 is 5.32 Å². The summed E-state index contributed by atoms with van der Waals surface area (Å²) < 4.78 is 0. The van der Waals surface area contributed by atoms with Crippen LogP contribution in [-0.2, 0) is 0 Å². The number of hydrogen-bond donors (Lipinski definition) is 1. The van der Waals surface area contributed by atoms with E-state index in [4.69, 9.17) is 0 Å². The van der Waals surface area contributed by atoms with E-state index >= 15 is 0 Å². The molecule has 0 bridgehead atoms. The Hall–Kier alpha value is -0.890. The predicted octanol–water partition coefficient (Wildman–Crippen LogP) is 3.74. The van der Waals surface area contributed by atoms with E-state index in [1.54, 1.807) is 0 Å². The molecular formula is C16H26N2. The Bertz CT molecular complexity index is 330. The summed E-state index contributed by atoms with van der Waals surface area (Å²) in [7, 11) is 2.08. The van der Waals surface area contributed by atoms with Gasteiger partial charge in [-0.05, 0) is 37.9 Å². The largest absolute Gasteiger partial charge is 0.316 e. The Kier molecular flexibility index (Phi) is 5.18. The number of nitrogens with one attached hydrogen (secondary N) is 1. The zero-order valence-corrected chi connectivity index (χ0v) is 11.7. The molecule has 1 saturated carbocycles. The third-order valence-electron chi connectivity index (χ3n) is 4.49. The molecular weight excluding hydrogens is 220 g/mol. The lowest BCUT2D eigenvalue weighted by Gasteiger charge is -2.24. The topological polar surface area (TPSA) is 24.9 Å². The van der Waals surface area contributed by atoms with E-state index in [2.05, 4.69) is 36.4 Å². The summed E-state index contributed by atoms with van der Waals surface area (Å²) in [6.07, 6.45) is 10.4. The van der Waals surface area contributed by atoms with Gasteiger partial charge in [0.05, 0.1) is 0 Å². The maximum atomic E-state index is 4.49. The number of likely N-dealkylation sites (N-methyl/N-ethyl adjacent to an activating group) is 1. The van der Waals surface area contributed by atoms with Crippen molar-refractivity contribution in [3.8, 4) is 0 Å². The van der Waals surface area contributed by atoms with Crippen LogP contribution >= 0.6 is 0 Å². The van der Waals surface area contributed by atoms with Crippen molar-refractivity contribution in [3.63, 3.8) is 0 Å². The molecule has 100 valence electrons. The highest BCUT2D eigenvalue weighted by molar-refractivity contribution is 5.11. The van der Waals surface area contributed by atoms with Crippen molar-refractivity contribution in [2.45, 2.75) is 57.4 Å². The van der Waals surface area contributed by atoms with Crippen LogP contribution in [0.1, 0.15) is 57.1 Å². The van der Waals surface area contributed by atoms with Gasteiger partial charge in [0.2, 0.25) is 0 Å². The van der Waals surface area contributed by atoms with Crippen LogP contribution < -0.4 is 5.32 Å². The standard InChI is InChI=1S/C16H26N2/c1-13(16-9-5-6-12-18-16)15(17-2)11-10-14-7-3-4-8-14/h5-6,9,12-15,17H,3-4,7-8,10-11H2,1-2H3. The molecule has 0 aromatic carbocycles. The fourth-order valence-electron chi connectivity index (χ4n) is 3.21. The second kappa shape index (κ2) is 6.89. The molecule has 2 nitrogen and oxygen atoms in total. The summed E-state index contributed by atoms with van der Waals surface area (Å²) in [5.74, 6) is 1.48.